The van der Waals surface area contributed by atoms with Gasteiger partial charge in [0, 0.05) is 13.0 Å². The van der Waals surface area contributed by atoms with Crippen molar-refractivity contribution in [2.45, 2.75) is 45.3 Å². The van der Waals surface area contributed by atoms with Crippen molar-refractivity contribution in [2.24, 2.45) is 0 Å². The standard InChI is InChI=1S/C14H20ClFO2/c1-3-6-13(18-4-2)12(17)9-10-7-5-8-11(16)14(10)15/h5,7-8,12-13,17H,3-4,6,9H2,1-2H3. The Labute approximate surface area is 113 Å². The fraction of sp³-hybridized carbons (Fsp3) is 0.571. The number of aliphatic hydroxyl groups is 1. The van der Waals surface area contributed by atoms with Gasteiger partial charge in [-0.1, -0.05) is 37.1 Å². The van der Waals surface area contributed by atoms with Crippen LogP contribution in [-0.2, 0) is 11.2 Å². The second kappa shape index (κ2) is 7.72. The Bertz CT molecular complexity index is 365. The van der Waals surface area contributed by atoms with Crippen molar-refractivity contribution in [3.63, 3.8) is 0 Å². The van der Waals surface area contributed by atoms with Gasteiger partial charge in [-0.15, -0.1) is 0 Å². The molecule has 0 heterocycles. The van der Waals surface area contributed by atoms with Crippen LogP contribution in [0, 0.1) is 5.82 Å². The van der Waals surface area contributed by atoms with Gasteiger partial charge in [0.15, 0.2) is 0 Å². The quantitative estimate of drug-likeness (QED) is 0.823. The Hall–Kier alpha value is -0.640. The fourth-order valence-electron chi connectivity index (χ4n) is 1.95. The third-order valence-electron chi connectivity index (χ3n) is 2.84. The SMILES string of the molecule is CCCC(OCC)C(O)Cc1cccc(F)c1Cl. The Kier molecular flexibility index (Phi) is 6.61. The van der Waals surface area contributed by atoms with E-state index in [1.165, 1.54) is 6.07 Å². The summed E-state index contributed by atoms with van der Waals surface area (Å²) in [6.07, 6.45) is 1.13. The molecule has 0 aliphatic rings. The summed E-state index contributed by atoms with van der Waals surface area (Å²) in [4.78, 5) is 0. The molecule has 0 aliphatic heterocycles. The molecule has 0 fully saturated rings. The van der Waals surface area contributed by atoms with Crippen LogP contribution in [0.2, 0.25) is 5.02 Å². The van der Waals surface area contributed by atoms with E-state index in [9.17, 15) is 9.50 Å². The van der Waals surface area contributed by atoms with E-state index in [-0.39, 0.29) is 11.1 Å². The molecule has 0 saturated heterocycles. The van der Waals surface area contributed by atoms with Gasteiger partial charge >= 0.3 is 0 Å². The first kappa shape index (κ1) is 15.4. The summed E-state index contributed by atoms with van der Waals surface area (Å²) in [6, 6.07) is 4.63. The summed E-state index contributed by atoms with van der Waals surface area (Å²) < 4.78 is 18.8. The molecule has 4 heteroatoms. The molecule has 1 N–H and O–H groups in total. The van der Waals surface area contributed by atoms with Gasteiger partial charge in [-0.3, -0.25) is 0 Å². The lowest BCUT2D eigenvalue weighted by Crippen LogP contribution is -2.31. The van der Waals surface area contributed by atoms with Crippen molar-refractivity contribution >= 4 is 11.6 Å². The first-order valence-electron chi connectivity index (χ1n) is 6.32. The van der Waals surface area contributed by atoms with Gasteiger partial charge < -0.3 is 9.84 Å². The molecule has 0 bridgehead atoms. The summed E-state index contributed by atoms with van der Waals surface area (Å²) in [7, 11) is 0. The van der Waals surface area contributed by atoms with E-state index in [1.807, 2.05) is 13.8 Å². The average molecular weight is 275 g/mol. The van der Waals surface area contributed by atoms with Gasteiger partial charge in [0.25, 0.3) is 0 Å². The van der Waals surface area contributed by atoms with Gasteiger partial charge in [0.1, 0.15) is 5.82 Å². The van der Waals surface area contributed by atoms with Crippen LogP contribution in [0.25, 0.3) is 0 Å². The number of rotatable bonds is 7. The van der Waals surface area contributed by atoms with Crippen molar-refractivity contribution in [3.05, 3.63) is 34.6 Å². The lowest BCUT2D eigenvalue weighted by Gasteiger charge is -2.23. The highest BCUT2D eigenvalue weighted by molar-refractivity contribution is 6.31. The summed E-state index contributed by atoms with van der Waals surface area (Å²) in [6.45, 7) is 4.48. The maximum Gasteiger partial charge on any atom is 0.142 e. The first-order chi connectivity index (χ1) is 8.60. The highest BCUT2D eigenvalue weighted by Crippen LogP contribution is 2.22. The molecule has 18 heavy (non-hydrogen) atoms. The third-order valence-corrected chi connectivity index (χ3v) is 3.27. The number of halogens is 2. The highest BCUT2D eigenvalue weighted by Gasteiger charge is 2.20. The molecule has 2 nitrogen and oxygen atoms in total. The van der Waals surface area contributed by atoms with Crippen molar-refractivity contribution in [1.29, 1.82) is 0 Å². The fourth-order valence-corrected chi connectivity index (χ4v) is 2.15. The van der Waals surface area contributed by atoms with E-state index in [4.69, 9.17) is 16.3 Å². The van der Waals surface area contributed by atoms with E-state index in [2.05, 4.69) is 0 Å². The minimum atomic E-state index is -0.663. The van der Waals surface area contributed by atoms with Crippen LogP contribution < -0.4 is 0 Å². The zero-order chi connectivity index (χ0) is 13.5. The van der Waals surface area contributed by atoms with Crippen LogP contribution >= 0.6 is 11.6 Å². The van der Waals surface area contributed by atoms with Gasteiger partial charge in [-0.25, -0.2) is 4.39 Å². The first-order valence-corrected chi connectivity index (χ1v) is 6.70. The Balaban J connectivity index is 2.72. The minimum absolute atomic E-state index is 0.0864. The molecule has 1 aromatic carbocycles. The minimum Gasteiger partial charge on any atom is -0.390 e. The zero-order valence-electron chi connectivity index (χ0n) is 10.8. The summed E-state index contributed by atoms with van der Waals surface area (Å²) >= 11 is 5.87. The van der Waals surface area contributed by atoms with Gasteiger partial charge in [-0.2, -0.15) is 0 Å². The van der Waals surface area contributed by atoms with Gasteiger partial charge in [-0.05, 0) is 25.0 Å². The Morgan fingerprint density at radius 1 is 1.39 bits per heavy atom. The molecule has 0 spiro atoms. The number of ether oxygens (including phenoxy) is 1. The topological polar surface area (TPSA) is 29.5 Å². The van der Waals surface area contributed by atoms with Crippen molar-refractivity contribution in [2.75, 3.05) is 6.61 Å². The summed E-state index contributed by atoms with van der Waals surface area (Å²) in [5.41, 5.74) is 0.616. The van der Waals surface area contributed by atoms with E-state index in [0.29, 0.717) is 18.6 Å². The molecule has 1 rings (SSSR count). The number of hydrogen-bond acceptors (Lipinski definition) is 2. The second-order valence-electron chi connectivity index (χ2n) is 4.27. The largest absolute Gasteiger partial charge is 0.390 e. The van der Waals surface area contributed by atoms with Gasteiger partial charge in [0.2, 0.25) is 0 Å². The predicted molar refractivity (Wildman–Crippen MR) is 71.4 cm³/mol. The Morgan fingerprint density at radius 3 is 2.72 bits per heavy atom. The van der Waals surface area contributed by atoms with Crippen molar-refractivity contribution in [3.8, 4) is 0 Å². The second-order valence-corrected chi connectivity index (χ2v) is 4.64. The van der Waals surface area contributed by atoms with E-state index in [0.717, 1.165) is 12.8 Å². The molecule has 0 radical (unpaired) electrons. The molecule has 102 valence electrons. The zero-order valence-corrected chi connectivity index (χ0v) is 11.6. The van der Waals surface area contributed by atoms with Crippen LogP contribution in [0.4, 0.5) is 4.39 Å². The summed E-state index contributed by atoms with van der Waals surface area (Å²) in [5, 5.41) is 10.2. The molecule has 0 saturated carbocycles. The van der Waals surface area contributed by atoms with E-state index >= 15 is 0 Å². The predicted octanol–water partition coefficient (Wildman–Crippen LogP) is 3.59. The van der Waals surface area contributed by atoms with Crippen LogP contribution in [0.3, 0.4) is 0 Å². The highest BCUT2D eigenvalue weighted by atomic mass is 35.5. The average Bonchev–Trinajstić information content (AvgIpc) is 2.34. The van der Waals surface area contributed by atoms with Crippen LogP contribution in [0.5, 0.6) is 0 Å². The number of aliphatic hydroxyl groups excluding tert-OH is 1. The van der Waals surface area contributed by atoms with Crippen LogP contribution in [0.1, 0.15) is 32.3 Å². The van der Waals surface area contributed by atoms with Crippen molar-refractivity contribution < 1.29 is 14.2 Å². The molecule has 1 aromatic rings. The monoisotopic (exact) mass is 274 g/mol. The molecule has 0 aliphatic carbocycles. The van der Waals surface area contributed by atoms with Gasteiger partial charge in [0.05, 0.1) is 17.2 Å². The maximum absolute atomic E-state index is 13.3. The normalized spacial score (nSPS) is 14.5. The molecular formula is C14H20ClFO2. The van der Waals surface area contributed by atoms with Crippen LogP contribution in [0.15, 0.2) is 18.2 Å². The van der Waals surface area contributed by atoms with E-state index in [1.54, 1.807) is 12.1 Å². The molecule has 2 unspecified atom stereocenters. The molecular weight excluding hydrogens is 255 g/mol. The lowest BCUT2D eigenvalue weighted by atomic mass is 10.0. The molecule has 2 atom stereocenters. The molecule has 0 amide bonds. The summed E-state index contributed by atoms with van der Waals surface area (Å²) in [5.74, 6) is -0.454. The third kappa shape index (κ3) is 4.23. The molecule has 0 aromatic heterocycles. The lowest BCUT2D eigenvalue weighted by molar-refractivity contribution is -0.0363. The van der Waals surface area contributed by atoms with Crippen molar-refractivity contribution in [1.82, 2.24) is 0 Å². The number of hydrogen-bond donors (Lipinski definition) is 1. The number of benzene rings is 1. The van der Waals surface area contributed by atoms with E-state index < -0.39 is 11.9 Å². The maximum atomic E-state index is 13.3. The Morgan fingerprint density at radius 2 is 2.11 bits per heavy atom. The van der Waals surface area contributed by atoms with Crippen LogP contribution in [-0.4, -0.2) is 23.9 Å². The smallest absolute Gasteiger partial charge is 0.142 e.